The van der Waals surface area contributed by atoms with E-state index in [2.05, 4.69) is 22.8 Å². The zero-order valence-electron chi connectivity index (χ0n) is 16.2. The average Bonchev–Trinajstić information content (AvgIpc) is 3.35. The largest absolute Gasteiger partial charge is 0.333 e. The van der Waals surface area contributed by atoms with Crippen molar-refractivity contribution in [3.05, 3.63) is 76.4 Å². The molecule has 1 fully saturated rings. The van der Waals surface area contributed by atoms with Gasteiger partial charge in [0.15, 0.2) is 0 Å². The van der Waals surface area contributed by atoms with Crippen molar-refractivity contribution >= 4 is 17.2 Å². The Balaban J connectivity index is 1.30. The van der Waals surface area contributed by atoms with E-state index in [0.29, 0.717) is 19.5 Å². The molecule has 0 spiro atoms. The fraction of sp³-hybridized carbons (Fsp3) is 0.304. The topological polar surface area (TPSA) is 45.2 Å². The summed E-state index contributed by atoms with van der Waals surface area (Å²) < 4.78 is 13.0. The van der Waals surface area contributed by atoms with Crippen molar-refractivity contribution in [1.29, 1.82) is 0 Å². The standard InChI is InChI=1S/C23H24FN3OS/c24-19-8-6-17(7-9-19)14-25-13-12-20-10-11-23(28)27(20)15-22-26-21(16-29-22)18-4-2-1-3-5-18/h1-9,16,20,25H,10-15H2/t20-/m0/s1. The molecule has 29 heavy (non-hydrogen) atoms. The third kappa shape index (κ3) is 5.08. The molecule has 4 nitrogen and oxygen atoms in total. The minimum Gasteiger partial charge on any atom is -0.333 e. The van der Waals surface area contributed by atoms with Gasteiger partial charge in [0.1, 0.15) is 10.8 Å². The van der Waals surface area contributed by atoms with Gasteiger partial charge < -0.3 is 10.2 Å². The normalized spacial score (nSPS) is 16.5. The summed E-state index contributed by atoms with van der Waals surface area (Å²) in [5.74, 6) is -0.00327. The molecule has 1 N–H and O–H groups in total. The molecular formula is C23H24FN3OS. The number of thiazole rings is 1. The Morgan fingerprint density at radius 3 is 2.72 bits per heavy atom. The third-order valence-corrected chi connectivity index (χ3v) is 6.11. The summed E-state index contributed by atoms with van der Waals surface area (Å²) >= 11 is 1.61. The van der Waals surface area contributed by atoms with Crippen LogP contribution in [0.5, 0.6) is 0 Å². The zero-order valence-corrected chi connectivity index (χ0v) is 17.0. The van der Waals surface area contributed by atoms with Crippen molar-refractivity contribution in [1.82, 2.24) is 15.2 Å². The molecule has 1 aliphatic rings. The van der Waals surface area contributed by atoms with Gasteiger partial charge in [-0.25, -0.2) is 9.37 Å². The lowest BCUT2D eigenvalue weighted by atomic mass is 10.1. The molecule has 3 aromatic rings. The van der Waals surface area contributed by atoms with Crippen LogP contribution in [0.4, 0.5) is 4.39 Å². The fourth-order valence-electron chi connectivity index (χ4n) is 3.69. The number of nitrogens with one attached hydrogen (secondary N) is 1. The van der Waals surface area contributed by atoms with Crippen LogP contribution in [0.3, 0.4) is 0 Å². The highest BCUT2D eigenvalue weighted by Gasteiger charge is 2.31. The predicted molar refractivity (Wildman–Crippen MR) is 114 cm³/mol. The highest BCUT2D eigenvalue weighted by molar-refractivity contribution is 7.09. The SMILES string of the molecule is O=C1CC[C@@H](CCNCc2ccc(F)cc2)N1Cc1nc(-c2ccccc2)cs1. The van der Waals surface area contributed by atoms with Gasteiger partial charge in [-0.15, -0.1) is 11.3 Å². The number of halogens is 1. The van der Waals surface area contributed by atoms with E-state index in [0.717, 1.165) is 41.2 Å². The van der Waals surface area contributed by atoms with Crippen LogP contribution >= 0.6 is 11.3 Å². The number of benzene rings is 2. The van der Waals surface area contributed by atoms with Crippen molar-refractivity contribution in [3.63, 3.8) is 0 Å². The maximum Gasteiger partial charge on any atom is 0.223 e. The molecule has 1 amide bonds. The van der Waals surface area contributed by atoms with Gasteiger partial charge in [-0.3, -0.25) is 4.79 Å². The first-order valence-electron chi connectivity index (χ1n) is 9.93. The van der Waals surface area contributed by atoms with Gasteiger partial charge in [-0.2, -0.15) is 0 Å². The van der Waals surface area contributed by atoms with Gasteiger partial charge in [0.05, 0.1) is 12.2 Å². The Labute approximate surface area is 174 Å². The average molecular weight is 410 g/mol. The number of hydrogen-bond donors (Lipinski definition) is 1. The quantitative estimate of drug-likeness (QED) is 0.552. The Morgan fingerprint density at radius 2 is 1.93 bits per heavy atom. The Hall–Kier alpha value is -2.57. The molecule has 4 rings (SSSR count). The first-order valence-corrected chi connectivity index (χ1v) is 10.8. The first kappa shape index (κ1) is 19.7. The molecule has 1 saturated heterocycles. The van der Waals surface area contributed by atoms with Gasteiger partial charge in [0.25, 0.3) is 0 Å². The van der Waals surface area contributed by atoms with E-state index in [9.17, 15) is 9.18 Å². The van der Waals surface area contributed by atoms with Crippen LogP contribution in [0.1, 0.15) is 29.8 Å². The van der Waals surface area contributed by atoms with Crippen LogP contribution in [-0.4, -0.2) is 28.4 Å². The summed E-state index contributed by atoms with van der Waals surface area (Å²) in [5.41, 5.74) is 3.13. The first-order chi connectivity index (χ1) is 14.2. The van der Waals surface area contributed by atoms with Crippen molar-refractivity contribution in [3.8, 4) is 11.3 Å². The summed E-state index contributed by atoms with van der Waals surface area (Å²) in [4.78, 5) is 19.1. The maximum atomic E-state index is 13.0. The number of likely N-dealkylation sites (tertiary alicyclic amines) is 1. The molecule has 0 aliphatic carbocycles. The lowest BCUT2D eigenvalue weighted by Gasteiger charge is -2.24. The van der Waals surface area contributed by atoms with Gasteiger partial charge in [-0.05, 0) is 37.1 Å². The van der Waals surface area contributed by atoms with Crippen molar-refractivity contribution in [2.45, 2.75) is 38.4 Å². The second-order valence-corrected chi connectivity index (χ2v) is 8.24. The third-order valence-electron chi connectivity index (χ3n) is 5.28. The molecule has 0 saturated carbocycles. The van der Waals surface area contributed by atoms with E-state index in [4.69, 9.17) is 4.98 Å². The lowest BCUT2D eigenvalue weighted by molar-refractivity contribution is -0.129. The smallest absolute Gasteiger partial charge is 0.223 e. The van der Waals surface area contributed by atoms with Gasteiger partial charge in [0, 0.05) is 30.0 Å². The molecule has 1 atom stereocenters. The highest BCUT2D eigenvalue weighted by Crippen LogP contribution is 2.27. The fourth-order valence-corrected chi connectivity index (χ4v) is 4.49. The lowest BCUT2D eigenvalue weighted by Crippen LogP contribution is -2.34. The number of amides is 1. The van der Waals surface area contributed by atoms with Crippen LogP contribution in [0.15, 0.2) is 60.0 Å². The summed E-state index contributed by atoms with van der Waals surface area (Å²) in [6.45, 7) is 2.10. The van der Waals surface area contributed by atoms with Crippen LogP contribution < -0.4 is 5.32 Å². The number of carbonyl (C=O) groups is 1. The van der Waals surface area contributed by atoms with Gasteiger partial charge >= 0.3 is 0 Å². The molecule has 2 heterocycles. The van der Waals surface area contributed by atoms with E-state index < -0.39 is 0 Å². The molecule has 0 radical (unpaired) electrons. The van der Waals surface area contributed by atoms with E-state index in [-0.39, 0.29) is 17.8 Å². The monoisotopic (exact) mass is 409 g/mol. The minimum absolute atomic E-state index is 0.213. The van der Waals surface area contributed by atoms with Crippen molar-refractivity contribution in [2.24, 2.45) is 0 Å². The minimum atomic E-state index is -0.216. The summed E-state index contributed by atoms with van der Waals surface area (Å²) in [5, 5.41) is 6.43. The van der Waals surface area contributed by atoms with Crippen molar-refractivity contribution < 1.29 is 9.18 Å². The molecule has 1 aliphatic heterocycles. The number of aromatic nitrogens is 1. The maximum absolute atomic E-state index is 13.0. The second-order valence-electron chi connectivity index (χ2n) is 7.30. The summed E-state index contributed by atoms with van der Waals surface area (Å²) in [6.07, 6.45) is 2.41. The van der Waals surface area contributed by atoms with Gasteiger partial charge in [0.2, 0.25) is 5.91 Å². The number of nitrogens with zero attached hydrogens (tertiary/aromatic N) is 2. The summed E-state index contributed by atoms with van der Waals surface area (Å²) in [6, 6.07) is 16.9. The molecule has 1 aromatic heterocycles. The van der Waals surface area contributed by atoms with Crippen LogP contribution in [0.25, 0.3) is 11.3 Å². The van der Waals surface area contributed by atoms with E-state index in [1.54, 1.807) is 23.5 Å². The number of rotatable bonds is 8. The van der Waals surface area contributed by atoms with Crippen molar-refractivity contribution in [2.75, 3.05) is 6.54 Å². The Kier molecular flexibility index (Phi) is 6.32. The molecule has 0 bridgehead atoms. The van der Waals surface area contributed by atoms with E-state index in [1.807, 2.05) is 23.1 Å². The number of carbonyl (C=O) groups excluding carboxylic acids is 1. The highest BCUT2D eigenvalue weighted by atomic mass is 32.1. The molecule has 6 heteroatoms. The Bertz CT molecular complexity index is 942. The van der Waals surface area contributed by atoms with E-state index >= 15 is 0 Å². The van der Waals surface area contributed by atoms with Crippen LogP contribution in [0.2, 0.25) is 0 Å². The van der Waals surface area contributed by atoms with Gasteiger partial charge in [-0.1, -0.05) is 42.5 Å². The second kappa shape index (κ2) is 9.29. The Morgan fingerprint density at radius 1 is 1.14 bits per heavy atom. The van der Waals surface area contributed by atoms with E-state index in [1.165, 1.54) is 12.1 Å². The molecule has 150 valence electrons. The zero-order chi connectivity index (χ0) is 20.1. The molecule has 0 unspecified atom stereocenters. The predicted octanol–water partition coefficient (Wildman–Crippen LogP) is 4.62. The molecule has 2 aromatic carbocycles. The summed E-state index contributed by atoms with van der Waals surface area (Å²) in [7, 11) is 0. The van der Waals surface area contributed by atoms with Crippen LogP contribution in [-0.2, 0) is 17.9 Å². The number of hydrogen-bond acceptors (Lipinski definition) is 4. The molecular weight excluding hydrogens is 385 g/mol. The van der Waals surface area contributed by atoms with Crippen LogP contribution in [0, 0.1) is 5.82 Å².